The fraction of sp³-hybridized carbons (Fsp3) is 0.619. The molecule has 234 valence electrons. The van der Waals surface area contributed by atoms with Crippen molar-refractivity contribution in [3.8, 4) is 0 Å². The van der Waals surface area contributed by atoms with Gasteiger partial charge in [-0.15, -0.1) is 0 Å². The monoisotopic (exact) mass is 596 g/mol. The average Bonchev–Trinajstić information content (AvgIpc) is 3.41. The normalized spacial score (nSPS) is 39.6. The lowest BCUT2D eigenvalue weighted by atomic mass is 9.25. The van der Waals surface area contributed by atoms with Crippen molar-refractivity contribution in [2.75, 3.05) is 0 Å². The molecular weight excluding hydrogens is 543 g/mol. The maximum absolute atomic E-state index is 3.09. The Hall–Kier alpha value is -2.26. The molecule has 7 aliphatic carbocycles. The SMILES string of the molecule is CC1(C)C2=C(C=CCC2)C2C=CC(N3C4CCCC=C4B4C5=C6C(=CCC5)C5(CCCCC5)C(C)(C)N6C5=CC=CC3C45)CC21. The zero-order valence-electron chi connectivity index (χ0n) is 28.3. The molecule has 0 aromatic carbocycles. The van der Waals surface area contributed by atoms with Crippen LogP contribution in [-0.4, -0.2) is 40.2 Å². The largest absolute Gasteiger partial charge is 0.339 e. The molecule has 6 unspecified atom stereocenters. The molecule has 1 saturated carbocycles. The number of hydrogen-bond acceptors (Lipinski definition) is 2. The second-order valence-electron chi connectivity index (χ2n) is 17.6. The van der Waals surface area contributed by atoms with Gasteiger partial charge in [0.05, 0.1) is 0 Å². The third-order valence-corrected chi connectivity index (χ3v) is 15.4. The molecule has 10 aliphatic rings. The van der Waals surface area contributed by atoms with Gasteiger partial charge in [-0.3, -0.25) is 4.90 Å². The van der Waals surface area contributed by atoms with Crippen LogP contribution in [0.15, 0.2) is 93.7 Å². The molecule has 0 N–H and O–H groups in total. The van der Waals surface area contributed by atoms with Crippen LogP contribution < -0.4 is 0 Å². The van der Waals surface area contributed by atoms with Gasteiger partial charge >= 0.3 is 0 Å². The summed E-state index contributed by atoms with van der Waals surface area (Å²) in [4.78, 5) is 6.06. The van der Waals surface area contributed by atoms with E-state index in [4.69, 9.17) is 0 Å². The van der Waals surface area contributed by atoms with Crippen LogP contribution in [0.3, 0.4) is 0 Å². The van der Waals surface area contributed by atoms with Gasteiger partial charge in [-0.2, -0.15) is 0 Å². The molecule has 45 heavy (non-hydrogen) atoms. The smallest absolute Gasteiger partial charge is 0.214 e. The minimum atomic E-state index is 0.128. The number of rotatable bonds is 1. The summed E-state index contributed by atoms with van der Waals surface area (Å²) in [7, 11) is 0. The lowest BCUT2D eigenvalue weighted by Gasteiger charge is -2.60. The maximum atomic E-state index is 3.09. The highest BCUT2D eigenvalue weighted by Gasteiger charge is 2.66. The van der Waals surface area contributed by atoms with Crippen LogP contribution in [0.1, 0.15) is 111 Å². The predicted octanol–water partition coefficient (Wildman–Crippen LogP) is 9.83. The van der Waals surface area contributed by atoms with Crippen molar-refractivity contribution in [1.29, 1.82) is 0 Å². The summed E-state index contributed by atoms with van der Waals surface area (Å²) >= 11 is 0. The molecule has 0 amide bonds. The average molecular weight is 597 g/mol. The second kappa shape index (κ2) is 9.43. The Bertz CT molecular complexity index is 1600. The van der Waals surface area contributed by atoms with Crippen LogP contribution in [0.2, 0.25) is 5.82 Å². The quantitative estimate of drug-likeness (QED) is 0.220. The number of allylic oxidation sites excluding steroid dienone is 11. The minimum Gasteiger partial charge on any atom is -0.339 e. The third kappa shape index (κ3) is 3.38. The van der Waals surface area contributed by atoms with Crippen molar-refractivity contribution in [2.24, 2.45) is 22.7 Å². The standard InChI is InChI=1S/C42H53BN2/c1-40(2)30-15-7-6-14-28(30)29-23-22-27(26-32(29)40)44-35-19-9-8-17-33(35)43-34-18-12-16-31-39(34)45(37-21-13-20-36(44)38(37)43)41(3,4)42(31)24-10-5-11-25-42/h6,13-14,16-17,20-23,27,29,32,35-36,38H,5,7-12,15,18-19,24-26H2,1-4H3. The molecular formula is C42H53BN2. The molecule has 3 aliphatic heterocycles. The molecule has 0 radical (unpaired) electrons. The zero-order chi connectivity index (χ0) is 30.3. The summed E-state index contributed by atoms with van der Waals surface area (Å²) in [6.07, 6.45) is 40.7. The van der Waals surface area contributed by atoms with Crippen molar-refractivity contribution < 1.29 is 0 Å². The van der Waals surface area contributed by atoms with Crippen molar-refractivity contribution in [2.45, 2.75) is 141 Å². The maximum Gasteiger partial charge on any atom is 0.214 e. The van der Waals surface area contributed by atoms with Crippen LogP contribution in [0.25, 0.3) is 0 Å². The molecule has 2 nitrogen and oxygen atoms in total. The van der Waals surface area contributed by atoms with Crippen molar-refractivity contribution >= 4 is 6.71 Å². The molecule has 3 heterocycles. The first-order chi connectivity index (χ1) is 21.8. The molecule has 0 aromatic heterocycles. The Kier molecular flexibility index (Phi) is 5.83. The molecule has 3 fully saturated rings. The molecule has 3 heteroatoms. The Balaban J connectivity index is 1.10. The van der Waals surface area contributed by atoms with Crippen LogP contribution in [0.4, 0.5) is 0 Å². The van der Waals surface area contributed by atoms with E-state index in [1.54, 1.807) is 28.1 Å². The first kappa shape index (κ1) is 27.8. The highest BCUT2D eigenvalue weighted by atomic mass is 15.3. The Morgan fingerprint density at radius 3 is 2.62 bits per heavy atom. The Labute approximate surface area is 272 Å². The first-order valence-electron chi connectivity index (χ1n) is 19.0. The summed E-state index contributed by atoms with van der Waals surface area (Å²) in [6.45, 7) is 11.0. The topological polar surface area (TPSA) is 6.48 Å². The zero-order valence-corrected chi connectivity index (χ0v) is 28.3. The van der Waals surface area contributed by atoms with Gasteiger partial charge in [0.25, 0.3) is 0 Å². The summed E-state index contributed by atoms with van der Waals surface area (Å²) < 4.78 is 0. The van der Waals surface area contributed by atoms with Crippen LogP contribution in [-0.2, 0) is 0 Å². The van der Waals surface area contributed by atoms with Gasteiger partial charge < -0.3 is 4.90 Å². The minimum absolute atomic E-state index is 0.128. The van der Waals surface area contributed by atoms with Gasteiger partial charge in [-0.05, 0) is 107 Å². The summed E-state index contributed by atoms with van der Waals surface area (Å²) in [6, 6.07) is 1.58. The van der Waals surface area contributed by atoms with Crippen molar-refractivity contribution in [3.63, 3.8) is 0 Å². The van der Waals surface area contributed by atoms with Gasteiger partial charge in [0.2, 0.25) is 6.71 Å². The molecule has 10 rings (SSSR count). The van der Waals surface area contributed by atoms with Gasteiger partial charge in [0, 0.05) is 52.2 Å². The molecule has 2 saturated heterocycles. The number of nitrogens with zero attached hydrogens (tertiary/aromatic N) is 2. The molecule has 0 aromatic rings. The molecule has 0 bridgehead atoms. The lowest BCUT2D eigenvalue weighted by molar-refractivity contribution is 0.0572. The van der Waals surface area contributed by atoms with E-state index in [2.05, 4.69) is 92.2 Å². The number of fused-ring (bicyclic) bond motifs is 7. The van der Waals surface area contributed by atoms with Crippen LogP contribution in [0.5, 0.6) is 0 Å². The van der Waals surface area contributed by atoms with E-state index in [1.807, 2.05) is 10.9 Å². The van der Waals surface area contributed by atoms with Crippen molar-refractivity contribution in [1.82, 2.24) is 9.80 Å². The van der Waals surface area contributed by atoms with E-state index < -0.39 is 0 Å². The lowest BCUT2D eigenvalue weighted by Crippen LogP contribution is -2.65. The molecule has 1 spiro atoms. The first-order valence-corrected chi connectivity index (χ1v) is 19.0. The van der Waals surface area contributed by atoms with E-state index in [9.17, 15) is 0 Å². The van der Waals surface area contributed by atoms with Gasteiger partial charge in [-0.1, -0.05) is 98.2 Å². The van der Waals surface area contributed by atoms with E-state index >= 15 is 0 Å². The van der Waals surface area contributed by atoms with Crippen molar-refractivity contribution in [3.05, 3.63) is 93.7 Å². The third-order valence-electron chi connectivity index (χ3n) is 15.4. The van der Waals surface area contributed by atoms with Gasteiger partial charge in [0.15, 0.2) is 0 Å². The second-order valence-corrected chi connectivity index (χ2v) is 17.6. The Morgan fingerprint density at radius 2 is 1.76 bits per heavy atom. The van der Waals surface area contributed by atoms with E-state index in [0.29, 0.717) is 53.3 Å². The van der Waals surface area contributed by atoms with Crippen LogP contribution in [0, 0.1) is 22.7 Å². The highest BCUT2D eigenvalue weighted by molar-refractivity contribution is 6.77. The predicted molar refractivity (Wildman–Crippen MR) is 188 cm³/mol. The fourth-order valence-corrected chi connectivity index (χ4v) is 13.5. The summed E-state index contributed by atoms with van der Waals surface area (Å²) in [5, 5.41) is 0. The van der Waals surface area contributed by atoms with Crippen LogP contribution >= 0.6 is 0 Å². The summed E-state index contributed by atoms with van der Waals surface area (Å²) in [5.74, 6) is 1.88. The Morgan fingerprint density at radius 1 is 0.889 bits per heavy atom. The summed E-state index contributed by atoms with van der Waals surface area (Å²) in [5.41, 5.74) is 13.0. The molecule has 6 atom stereocenters. The van der Waals surface area contributed by atoms with E-state index in [-0.39, 0.29) is 5.54 Å². The highest BCUT2D eigenvalue weighted by Crippen LogP contribution is 2.68. The number of hydrogen-bond donors (Lipinski definition) is 0. The van der Waals surface area contributed by atoms with Gasteiger partial charge in [-0.25, -0.2) is 0 Å². The van der Waals surface area contributed by atoms with E-state index in [1.165, 1.54) is 83.5 Å². The van der Waals surface area contributed by atoms with E-state index in [0.717, 1.165) is 0 Å². The fourth-order valence-electron chi connectivity index (χ4n) is 13.5. The van der Waals surface area contributed by atoms with Gasteiger partial charge in [0.1, 0.15) is 0 Å².